The Balaban J connectivity index is 2.11. The number of carboxylic acid groups (broad SMARTS) is 1. The van der Waals surface area contributed by atoms with E-state index in [1.165, 1.54) is 0 Å². The Morgan fingerprint density at radius 3 is 3.00 bits per heavy atom. The van der Waals surface area contributed by atoms with Gasteiger partial charge in [-0.3, -0.25) is 4.98 Å². The van der Waals surface area contributed by atoms with E-state index in [-0.39, 0.29) is 16.9 Å². The molecule has 2 aromatic heterocycles. The minimum atomic E-state index is -1.18. The summed E-state index contributed by atoms with van der Waals surface area (Å²) in [4.78, 5) is 14.2. The number of pyridine rings is 1. The van der Waals surface area contributed by atoms with Gasteiger partial charge in [-0.25, -0.2) is 0 Å². The molecule has 0 bridgehead atoms. The van der Waals surface area contributed by atoms with E-state index in [1.54, 1.807) is 24.4 Å². The third-order valence-corrected chi connectivity index (χ3v) is 2.40. The molecular formula is C9H6N3O3S-. The van der Waals surface area contributed by atoms with Crippen molar-refractivity contribution in [3.05, 3.63) is 24.4 Å². The van der Waals surface area contributed by atoms with Crippen molar-refractivity contribution in [1.82, 2.24) is 15.2 Å². The summed E-state index contributed by atoms with van der Waals surface area (Å²) in [6.45, 7) is 0. The van der Waals surface area contributed by atoms with Crippen LogP contribution in [0.1, 0.15) is 0 Å². The molecule has 7 heteroatoms. The van der Waals surface area contributed by atoms with Gasteiger partial charge in [-0.15, -0.1) is 10.2 Å². The first-order chi connectivity index (χ1) is 7.75. The number of nitrogens with zero attached hydrogens (tertiary/aromatic N) is 3. The molecule has 0 spiro atoms. The average Bonchev–Trinajstić information content (AvgIpc) is 2.76. The maximum absolute atomic E-state index is 10.2. The molecule has 0 saturated carbocycles. The maximum atomic E-state index is 10.2. The van der Waals surface area contributed by atoms with Gasteiger partial charge in [-0.05, 0) is 12.1 Å². The van der Waals surface area contributed by atoms with Crippen LogP contribution >= 0.6 is 11.8 Å². The van der Waals surface area contributed by atoms with Gasteiger partial charge in [0.25, 0.3) is 11.1 Å². The van der Waals surface area contributed by atoms with Crippen LogP contribution in [0.4, 0.5) is 0 Å². The zero-order valence-corrected chi connectivity index (χ0v) is 8.81. The second-order valence-electron chi connectivity index (χ2n) is 2.75. The quantitative estimate of drug-likeness (QED) is 0.688. The Morgan fingerprint density at radius 1 is 1.44 bits per heavy atom. The second-order valence-corrected chi connectivity index (χ2v) is 3.68. The lowest BCUT2D eigenvalue weighted by Gasteiger charge is -1.95. The Hall–Kier alpha value is -1.89. The molecule has 0 N–H and O–H groups in total. The van der Waals surface area contributed by atoms with E-state index in [0.717, 1.165) is 11.8 Å². The van der Waals surface area contributed by atoms with Crippen LogP contribution < -0.4 is 5.11 Å². The molecule has 0 aromatic carbocycles. The largest absolute Gasteiger partial charge is 0.549 e. The first-order valence-electron chi connectivity index (χ1n) is 4.33. The van der Waals surface area contributed by atoms with Crippen LogP contribution in [-0.2, 0) is 4.79 Å². The summed E-state index contributed by atoms with van der Waals surface area (Å²) in [6, 6.07) is 5.28. The van der Waals surface area contributed by atoms with Gasteiger partial charge < -0.3 is 14.3 Å². The monoisotopic (exact) mass is 236 g/mol. The fraction of sp³-hybridized carbons (Fsp3) is 0.111. The first kappa shape index (κ1) is 10.6. The van der Waals surface area contributed by atoms with E-state index in [1.807, 2.05) is 0 Å². The number of carbonyl (C=O) groups is 1. The Morgan fingerprint density at radius 2 is 2.31 bits per heavy atom. The summed E-state index contributed by atoms with van der Waals surface area (Å²) >= 11 is 0.914. The maximum Gasteiger partial charge on any atom is 0.277 e. The van der Waals surface area contributed by atoms with Crippen LogP contribution in [-0.4, -0.2) is 26.9 Å². The Kier molecular flexibility index (Phi) is 3.16. The third kappa shape index (κ3) is 2.57. The van der Waals surface area contributed by atoms with Crippen LogP contribution in [0.5, 0.6) is 0 Å². The molecule has 0 unspecified atom stereocenters. The summed E-state index contributed by atoms with van der Waals surface area (Å²) in [7, 11) is 0. The molecule has 0 aliphatic carbocycles. The van der Waals surface area contributed by atoms with Crippen molar-refractivity contribution in [3.63, 3.8) is 0 Å². The van der Waals surface area contributed by atoms with Crippen molar-refractivity contribution < 1.29 is 14.3 Å². The normalized spacial score (nSPS) is 10.2. The topological polar surface area (TPSA) is 91.9 Å². The summed E-state index contributed by atoms with van der Waals surface area (Å²) in [5.74, 6) is -1.13. The number of hydrogen-bond acceptors (Lipinski definition) is 7. The molecule has 0 aliphatic heterocycles. The lowest BCUT2D eigenvalue weighted by molar-refractivity contribution is -0.301. The number of aliphatic carboxylic acids is 1. The fourth-order valence-corrected chi connectivity index (χ4v) is 1.46. The van der Waals surface area contributed by atoms with Gasteiger partial charge in [0.05, 0.1) is 5.97 Å². The van der Waals surface area contributed by atoms with Crippen LogP contribution in [0.15, 0.2) is 34.0 Å². The molecule has 82 valence electrons. The molecule has 0 fully saturated rings. The molecule has 16 heavy (non-hydrogen) atoms. The summed E-state index contributed by atoms with van der Waals surface area (Å²) in [5.41, 5.74) is 0.551. The molecule has 0 aliphatic rings. The highest BCUT2D eigenvalue weighted by Gasteiger charge is 2.09. The lowest BCUT2D eigenvalue weighted by atomic mass is 10.3. The zero-order valence-electron chi connectivity index (χ0n) is 7.99. The fourth-order valence-electron chi connectivity index (χ4n) is 0.982. The van der Waals surface area contributed by atoms with Gasteiger partial charge in [-0.1, -0.05) is 17.8 Å². The van der Waals surface area contributed by atoms with Gasteiger partial charge in [-0.2, -0.15) is 0 Å². The van der Waals surface area contributed by atoms with Gasteiger partial charge in [0.1, 0.15) is 5.69 Å². The van der Waals surface area contributed by atoms with Gasteiger partial charge in [0.15, 0.2) is 0 Å². The minimum absolute atomic E-state index is 0.185. The van der Waals surface area contributed by atoms with E-state index >= 15 is 0 Å². The van der Waals surface area contributed by atoms with Gasteiger partial charge >= 0.3 is 0 Å². The third-order valence-electron chi connectivity index (χ3n) is 1.60. The molecule has 2 heterocycles. The standard InChI is InChI=1S/C9H7N3O3S/c13-7(14)5-16-9-12-11-8(15-9)6-3-1-2-4-10-6/h1-4H,5H2,(H,13,14)/p-1. The van der Waals surface area contributed by atoms with E-state index in [0.29, 0.717) is 5.69 Å². The molecule has 2 aromatic rings. The lowest BCUT2D eigenvalue weighted by Crippen LogP contribution is -2.24. The SMILES string of the molecule is O=C([O-])CSc1nnc(-c2ccccn2)o1. The minimum Gasteiger partial charge on any atom is -0.549 e. The smallest absolute Gasteiger partial charge is 0.277 e. The summed E-state index contributed by atoms with van der Waals surface area (Å²) in [6.07, 6.45) is 1.60. The predicted molar refractivity (Wildman–Crippen MR) is 53.3 cm³/mol. The van der Waals surface area contributed by atoms with Crippen LogP contribution in [0.25, 0.3) is 11.6 Å². The first-order valence-corrected chi connectivity index (χ1v) is 5.32. The number of rotatable bonds is 4. The van der Waals surface area contributed by atoms with Crippen LogP contribution in [0, 0.1) is 0 Å². The van der Waals surface area contributed by atoms with Crippen molar-refractivity contribution in [1.29, 1.82) is 0 Å². The molecule has 0 saturated heterocycles. The summed E-state index contributed by atoms with van der Waals surface area (Å²) < 4.78 is 5.21. The molecule has 2 rings (SSSR count). The van der Waals surface area contributed by atoms with E-state index in [4.69, 9.17) is 4.42 Å². The second kappa shape index (κ2) is 4.75. The predicted octanol–water partition coefficient (Wildman–Crippen LogP) is -0.0264. The molecular weight excluding hydrogens is 230 g/mol. The molecule has 0 radical (unpaired) electrons. The van der Waals surface area contributed by atoms with Crippen LogP contribution in [0.3, 0.4) is 0 Å². The number of carbonyl (C=O) groups excluding carboxylic acids is 1. The summed E-state index contributed by atoms with van der Waals surface area (Å²) in [5, 5.41) is 17.8. The van der Waals surface area contributed by atoms with Crippen molar-refractivity contribution >= 4 is 17.7 Å². The van der Waals surface area contributed by atoms with Gasteiger partial charge in [0.2, 0.25) is 0 Å². The molecule has 6 nitrogen and oxygen atoms in total. The number of aromatic nitrogens is 3. The highest BCUT2D eigenvalue weighted by Crippen LogP contribution is 2.20. The average molecular weight is 236 g/mol. The van der Waals surface area contributed by atoms with Crippen LogP contribution in [0.2, 0.25) is 0 Å². The zero-order chi connectivity index (χ0) is 11.4. The van der Waals surface area contributed by atoms with Crippen molar-refractivity contribution in [2.45, 2.75) is 5.22 Å². The van der Waals surface area contributed by atoms with Crippen molar-refractivity contribution in [2.75, 3.05) is 5.75 Å². The number of thioether (sulfide) groups is 1. The molecule has 0 amide bonds. The van der Waals surface area contributed by atoms with E-state index in [2.05, 4.69) is 15.2 Å². The van der Waals surface area contributed by atoms with Crippen molar-refractivity contribution in [2.24, 2.45) is 0 Å². The molecule has 0 atom stereocenters. The number of hydrogen-bond donors (Lipinski definition) is 0. The van der Waals surface area contributed by atoms with E-state index in [9.17, 15) is 9.90 Å². The Labute approximate surface area is 94.7 Å². The van der Waals surface area contributed by atoms with E-state index < -0.39 is 5.97 Å². The highest BCUT2D eigenvalue weighted by molar-refractivity contribution is 7.99. The van der Waals surface area contributed by atoms with Gasteiger partial charge in [0, 0.05) is 11.9 Å². The Bertz CT molecular complexity index is 486. The highest BCUT2D eigenvalue weighted by atomic mass is 32.2. The number of carboxylic acids is 1. The van der Waals surface area contributed by atoms with Crippen molar-refractivity contribution in [3.8, 4) is 11.6 Å².